The van der Waals surface area contributed by atoms with Gasteiger partial charge in [0.05, 0.1) is 5.52 Å². The zero-order valence-electron chi connectivity index (χ0n) is 18.7. The third-order valence-electron chi connectivity index (χ3n) is 7.31. The number of aryl methyl sites for hydroxylation is 1. The summed E-state index contributed by atoms with van der Waals surface area (Å²) < 4.78 is 17.5. The van der Waals surface area contributed by atoms with Gasteiger partial charge in [-0.3, -0.25) is 15.0 Å². The Morgan fingerprint density at radius 3 is 2.59 bits per heavy atom. The largest absolute Gasteiger partial charge is 0.344 e. The molecule has 0 aliphatic carbocycles. The second-order valence-electron chi connectivity index (χ2n) is 9.59. The third kappa shape index (κ3) is 4.13. The van der Waals surface area contributed by atoms with Crippen molar-refractivity contribution < 1.29 is 14.0 Å². The molecule has 3 aliphatic heterocycles. The number of carbonyl (C=O) groups excluding carboxylic acids is 2. The molecule has 172 valence electrons. The van der Waals surface area contributed by atoms with Crippen LogP contribution in [0.1, 0.15) is 43.7 Å². The highest BCUT2D eigenvalue weighted by atomic mass is 19.1. The molecule has 0 saturated carbocycles. The minimum atomic E-state index is -1.05. The van der Waals surface area contributed by atoms with Crippen LogP contribution in [0.4, 0.5) is 14.9 Å². The number of anilines is 1. The Hall–Kier alpha value is -2.45. The van der Waals surface area contributed by atoms with Gasteiger partial charge < -0.3 is 14.8 Å². The highest BCUT2D eigenvalue weighted by Crippen LogP contribution is 2.34. The van der Waals surface area contributed by atoms with Gasteiger partial charge in [-0.2, -0.15) is 0 Å². The summed E-state index contributed by atoms with van der Waals surface area (Å²) in [6, 6.07) is 6.22. The van der Waals surface area contributed by atoms with Gasteiger partial charge in [0.1, 0.15) is 5.67 Å². The van der Waals surface area contributed by atoms with Gasteiger partial charge in [-0.25, -0.2) is 9.18 Å². The molecule has 0 bridgehead atoms. The van der Waals surface area contributed by atoms with E-state index in [9.17, 15) is 9.59 Å². The molecule has 8 heteroatoms. The van der Waals surface area contributed by atoms with Crippen LogP contribution in [0.25, 0.3) is 10.9 Å². The first-order valence-corrected chi connectivity index (χ1v) is 11.8. The van der Waals surface area contributed by atoms with Gasteiger partial charge >= 0.3 is 6.03 Å². The average molecular weight is 442 g/mol. The average Bonchev–Trinajstić information content (AvgIpc) is 3.19. The summed E-state index contributed by atoms with van der Waals surface area (Å²) in [6.07, 6.45) is 5.70. The summed E-state index contributed by atoms with van der Waals surface area (Å²) in [5.41, 5.74) is 2.09. The van der Waals surface area contributed by atoms with E-state index in [1.165, 1.54) is 5.52 Å². The predicted molar refractivity (Wildman–Crippen MR) is 123 cm³/mol. The maximum Gasteiger partial charge on any atom is 0.328 e. The Kier molecular flexibility index (Phi) is 5.67. The van der Waals surface area contributed by atoms with E-state index in [0.29, 0.717) is 38.4 Å². The summed E-state index contributed by atoms with van der Waals surface area (Å²) in [7, 11) is 0. The van der Waals surface area contributed by atoms with E-state index < -0.39 is 5.67 Å². The molecule has 7 nitrogen and oxygen atoms in total. The standard InChI is InChI=1S/C24H32FN5O2/c1-17-14-20(30-13-5-21(31)27-23(30)32)15-18-2-12-29(22(17)18)19-3-10-28(11-4-19)16-24(25)6-8-26-9-7-24/h2,12,14-15,19,26H,3-11,13,16H2,1H3,(H,27,31,32). The molecule has 3 saturated heterocycles. The number of fused-ring (bicyclic) bond motifs is 1. The number of nitrogens with zero attached hydrogens (tertiary/aromatic N) is 3. The van der Waals surface area contributed by atoms with Gasteiger partial charge in [0, 0.05) is 55.9 Å². The minimum Gasteiger partial charge on any atom is -0.344 e. The fourth-order valence-electron chi connectivity index (χ4n) is 5.56. The number of aromatic nitrogens is 1. The Morgan fingerprint density at radius 2 is 1.88 bits per heavy atom. The van der Waals surface area contributed by atoms with Gasteiger partial charge in [0.25, 0.3) is 0 Å². The number of carbonyl (C=O) groups is 2. The molecular weight excluding hydrogens is 409 g/mol. The van der Waals surface area contributed by atoms with Crippen LogP contribution in [0.3, 0.4) is 0 Å². The molecule has 5 rings (SSSR count). The fraction of sp³-hybridized carbons (Fsp3) is 0.583. The molecule has 3 amide bonds. The molecule has 32 heavy (non-hydrogen) atoms. The topological polar surface area (TPSA) is 69.6 Å². The van der Waals surface area contributed by atoms with Gasteiger partial charge in [-0.05, 0) is 69.5 Å². The lowest BCUT2D eigenvalue weighted by Crippen LogP contribution is -2.49. The lowest BCUT2D eigenvalue weighted by Gasteiger charge is -2.39. The number of urea groups is 1. The normalized spacial score (nSPS) is 23.0. The van der Waals surface area contributed by atoms with Crippen LogP contribution in [0.2, 0.25) is 0 Å². The summed E-state index contributed by atoms with van der Waals surface area (Å²) in [4.78, 5) is 27.7. The second kappa shape index (κ2) is 8.48. The summed E-state index contributed by atoms with van der Waals surface area (Å²) in [5, 5.41) is 6.75. The first-order valence-electron chi connectivity index (χ1n) is 11.8. The molecule has 0 unspecified atom stereocenters. The first kappa shape index (κ1) is 21.4. The Labute approximate surface area is 187 Å². The van der Waals surface area contributed by atoms with E-state index >= 15 is 4.39 Å². The predicted octanol–water partition coefficient (Wildman–Crippen LogP) is 3.12. The van der Waals surface area contributed by atoms with Gasteiger partial charge in [-0.15, -0.1) is 0 Å². The number of nitrogens with one attached hydrogen (secondary N) is 2. The van der Waals surface area contributed by atoms with E-state index in [1.807, 2.05) is 12.1 Å². The molecule has 2 aromatic rings. The second-order valence-corrected chi connectivity index (χ2v) is 9.59. The van der Waals surface area contributed by atoms with E-state index in [2.05, 4.69) is 39.3 Å². The lowest BCUT2D eigenvalue weighted by atomic mass is 9.92. The van der Waals surface area contributed by atoms with Crippen molar-refractivity contribution in [3.63, 3.8) is 0 Å². The number of alkyl halides is 1. The number of halogens is 1. The Balaban J connectivity index is 1.29. The molecule has 0 atom stereocenters. The van der Waals surface area contributed by atoms with E-state index in [1.54, 1.807) is 4.90 Å². The van der Waals surface area contributed by atoms with Crippen LogP contribution < -0.4 is 15.5 Å². The fourth-order valence-corrected chi connectivity index (χ4v) is 5.56. The van der Waals surface area contributed by atoms with E-state index in [-0.39, 0.29) is 11.9 Å². The van der Waals surface area contributed by atoms with Gasteiger partial charge in [0.2, 0.25) is 5.91 Å². The van der Waals surface area contributed by atoms with Crippen LogP contribution in [0.15, 0.2) is 24.4 Å². The smallest absolute Gasteiger partial charge is 0.328 e. The third-order valence-corrected chi connectivity index (χ3v) is 7.31. The molecule has 2 N–H and O–H groups in total. The Bertz CT molecular complexity index is 1020. The van der Waals surface area contributed by atoms with Crippen LogP contribution in [-0.2, 0) is 4.79 Å². The molecule has 4 heterocycles. The molecule has 3 aliphatic rings. The summed E-state index contributed by atoms with van der Waals surface area (Å²) in [6.45, 7) is 6.43. The number of benzene rings is 1. The molecule has 0 radical (unpaired) electrons. The number of piperidine rings is 2. The maximum absolute atomic E-state index is 15.1. The van der Waals surface area contributed by atoms with E-state index in [0.717, 1.165) is 55.7 Å². The minimum absolute atomic E-state index is 0.222. The molecule has 0 spiro atoms. The van der Waals surface area contributed by atoms with Crippen molar-refractivity contribution >= 4 is 28.5 Å². The number of hydrogen-bond acceptors (Lipinski definition) is 4. The van der Waals surface area contributed by atoms with Crippen molar-refractivity contribution in [1.29, 1.82) is 0 Å². The van der Waals surface area contributed by atoms with Crippen molar-refractivity contribution in [3.05, 3.63) is 30.0 Å². The zero-order valence-corrected chi connectivity index (χ0v) is 18.7. The van der Waals surface area contributed by atoms with Gasteiger partial charge in [0.15, 0.2) is 0 Å². The van der Waals surface area contributed by atoms with Crippen molar-refractivity contribution in [2.75, 3.05) is 44.2 Å². The lowest BCUT2D eigenvalue weighted by molar-refractivity contribution is -0.120. The van der Waals surface area contributed by atoms with Gasteiger partial charge in [-0.1, -0.05) is 0 Å². The molecule has 1 aromatic heterocycles. The van der Waals surface area contributed by atoms with Crippen molar-refractivity contribution in [1.82, 2.24) is 20.1 Å². The van der Waals surface area contributed by atoms with E-state index in [4.69, 9.17) is 0 Å². The van der Waals surface area contributed by atoms with Crippen LogP contribution in [0.5, 0.6) is 0 Å². The SMILES string of the molecule is Cc1cc(N2CCC(=O)NC2=O)cc2ccn(C3CCN(CC4(F)CCNCC4)CC3)c12. The summed E-state index contributed by atoms with van der Waals surface area (Å²) >= 11 is 0. The number of likely N-dealkylation sites (tertiary alicyclic amines) is 1. The van der Waals surface area contributed by atoms with Crippen LogP contribution in [0, 0.1) is 6.92 Å². The van der Waals surface area contributed by atoms with Crippen LogP contribution in [-0.4, -0.2) is 66.3 Å². The van der Waals surface area contributed by atoms with Crippen molar-refractivity contribution in [2.45, 2.75) is 50.7 Å². The van der Waals surface area contributed by atoms with Crippen molar-refractivity contribution in [2.24, 2.45) is 0 Å². The number of amides is 3. The Morgan fingerprint density at radius 1 is 1.12 bits per heavy atom. The number of hydrogen-bond donors (Lipinski definition) is 2. The first-order chi connectivity index (χ1) is 15.4. The van der Waals surface area contributed by atoms with Crippen LogP contribution >= 0.6 is 0 Å². The molecular formula is C24H32FN5O2. The highest BCUT2D eigenvalue weighted by Gasteiger charge is 2.35. The molecule has 3 fully saturated rings. The maximum atomic E-state index is 15.1. The van der Waals surface area contributed by atoms with Crippen molar-refractivity contribution in [3.8, 4) is 0 Å². The summed E-state index contributed by atoms with van der Waals surface area (Å²) in [5.74, 6) is -0.222. The monoisotopic (exact) mass is 441 g/mol. The zero-order chi connectivity index (χ0) is 22.3. The number of rotatable bonds is 4. The quantitative estimate of drug-likeness (QED) is 0.765. The highest BCUT2D eigenvalue weighted by molar-refractivity contribution is 6.06. The molecule has 1 aromatic carbocycles. The number of imide groups is 1.